The standard InChI is InChI=1S/C15H19BrFNO/c1-10-9-11(17)7-8-12(10)15(19)18-14-6-4-2-3-5-13(14)16/h7-9,13-14H,2-6H2,1H3,(H,18,19). The molecule has 1 aromatic rings. The van der Waals surface area contributed by atoms with Gasteiger partial charge in [-0.15, -0.1) is 0 Å². The van der Waals surface area contributed by atoms with E-state index >= 15 is 0 Å². The number of hydrogen-bond donors (Lipinski definition) is 1. The number of carbonyl (C=O) groups excluding carboxylic acids is 1. The van der Waals surface area contributed by atoms with Crippen LogP contribution in [0.25, 0.3) is 0 Å². The van der Waals surface area contributed by atoms with Crippen LogP contribution in [0.3, 0.4) is 0 Å². The molecule has 1 aliphatic rings. The lowest BCUT2D eigenvalue weighted by atomic mass is 10.1. The highest BCUT2D eigenvalue weighted by molar-refractivity contribution is 9.09. The topological polar surface area (TPSA) is 29.1 Å². The Bertz CT molecular complexity index is 463. The Morgan fingerprint density at radius 2 is 2.05 bits per heavy atom. The van der Waals surface area contributed by atoms with Crippen molar-refractivity contribution in [3.8, 4) is 0 Å². The van der Waals surface area contributed by atoms with Crippen LogP contribution in [0.15, 0.2) is 18.2 Å². The summed E-state index contributed by atoms with van der Waals surface area (Å²) in [4.78, 5) is 12.6. The summed E-state index contributed by atoms with van der Waals surface area (Å²) < 4.78 is 13.0. The lowest BCUT2D eigenvalue weighted by Gasteiger charge is -2.22. The van der Waals surface area contributed by atoms with E-state index in [-0.39, 0.29) is 17.8 Å². The minimum atomic E-state index is -0.304. The second kappa shape index (κ2) is 6.51. The van der Waals surface area contributed by atoms with Gasteiger partial charge in [0.2, 0.25) is 0 Å². The SMILES string of the molecule is Cc1cc(F)ccc1C(=O)NC1CCCCCC1Br. The van der Waals surface area contributed by atoms with Gasteiger partial charge in [0.05, 0.1) is 0 Å². The van der Waals surface area contributed by atoms with Crippen LogP contribution in [0.2, 0.25) is 0 Å². The van der Waals surface area contributed by atoms with Crippen molar-refractivity contribution in [2.45, 2.75) is 49.9 Å². The fraction of sp³-hybridized carbons (Fsp3) is 0.533. The molecule has 0 spiro atoms. The fourth-order valence-electron chi connectivity index (χ4n) is 2.55. The highest BCUT2D eigenvalue weighted by Crippen LogP contribution is 2.24. The molecule has 1 fully saturated rings. The van der Waals surface area contributed by atoms with Crippen LogP contribution in [-0.2, 0) is 0 Å². The first-order valence-electron chi connectivity index (χ1n) is 6.79. The summed E-state index contributed by atoms with van der Waals surface area (Å²) >= 11 is 3.66. The zero-order chi connectivity index (χ0) is 13.8. The maximum absolute atomic E-state index is 13.0. The molecule has 2 rings (SSSR count). The first-order valence-corrected chi connectivity index (χ1v) is 7.70. The van der Waals surface area contributed by atoms with Crippen molar-refractivity contribution >= 4 is 21.8 Å². The number of amides is 1. The Balaban J connectivity index is 2.07. The monoisotopic (exact) mass is 327 g/mol. The molecule has 0 radical (unpaired) electrons. The van der Waals surface area contributed by atoms with E-state index in [1.54, 1.807) is 13.0 Å². The number of hydrogen-bond acceptors (Lipinski definition) is 1. The summed E-state index contributed by atoms with van der Waals surface area (Å²) in [5.41, 5.74) is 1.24. The molecule has 0 aromatic heterocycles. The van der Waals surface area contributed by atoms with Gasteiger partial charge < -0.3 is 5.32 Å². The van der Waals surface area contributed by atoms with Crippen LogP contribution in [-0.4, -0.2) is 16.8 Å². The third-order valence-electron chi connectivity index (χ3n) is 3.68. The Hall–Kier alpha value is -0.900. The van der Waals surface area contributed by atoms with E-state index in [0.717, 1.165) is 19.3 Å². The summed E-state index contributed by atoms with van der Waals surface area (Å²) in [7, 11) is 0. The fourth-order valence-corrected chi connectivity index (χ4v) is 3.27. The molecule has 2 atom stereocenters. The lowest BCUT2D eigenvalue weighted by molar-refractivity contribution is 0.0934. The van der Waals surface area contributed by atoms with Gasteiger partial charge >= 0.3 is 0 Å². The highest BCUT2D eigenvalue weighted by atomic mass is 79.9. The Kier molecular flexibility index (Phi) is 4.97. The minimum Gasteiger partial charge on any atom is -0.348 e. The zero-order valence-electron chi connectivity index (χ0n) is 11.1. The maximum Gasteiger partial charge on any atom is 0.251 e. The predicted molar refractivity (Wildman–Crippen MR) is 78.2 cm³/mol. The van der Waals surface area contributed by atoms with Crippen LogP contribution >= 0.6 is 15.9 Å². The molecule has 1 amide bonds. The second-order valence-corrected chi connectivity index (χ2v) is 6.37. The summed E-state index contributed by atoms with van der Waals surface area (Å²) in [6, 6.07) is 4.45. The van der Waals surface area contributed by atoms with Gasteiger partial charge in [0.25, 0.3) is 5.91 Å². The average molecular weight is 328 g/mol. The van der Waals surface area contributed by atoms with Crippen LogP contribution < -0.4 is 5.32 Å². The van der Waals surface area contributed by atoms with Crippen molar-refractivity contribution in [2.75, 3.05) is 0 Å². The summed E-state index contributed by atoms with van der Waals surface area (Å²) in [5, 5.41) is 3.08. The maximum atomic E-state index is 13.0. The molecule has 1 aromatic carbocycles. The number of halogens is 2. The Labute approximate surface area is 121 Å². The van der Waals surface area contributed by atoms with Crippen LogP contribution in [0.1, 0.15) is 48.0 Å². The summed E-state index contributed by atoms with van der Waals surface area (Å²) in [6.45, 7) is 1.76. The molecule has 2 nitrogen and oxygen atoms in total. The smallest absolute Gasteiger partial charge is 0.251 e. The molecule has 4 heteroatoms. The van der Waals surface area contributed by atoms with E-state index in [2.05, 4.69) is 21.2 Å². The zero-order valence-corrected chi connectivity index (χ0v) is 12.7. The van der Waals surface area contributed by atoms with Gasteiger partial charge in [-0.2, -0.15) is 0 Å². The van der Waals surface area contributed by atoms with Crippen LogP contribution in [0.4, 0.5) is 4.39 Å². The predicted octanol–water partition coefficient (Wildman–Crippen LogP) is 3.96. The van der Waals surface area contributed by atoms with E-state index < -0.39 is 0 Å². The third kappa shape index (κ3) is 3.78. The van der Waals surface area contributed by atoms with E-state index in [0.29, 0.717) is 16.0 Å². The van der Waals surface area contributed by atoms with E-state index in [1.807, 2.05) is 0 Å². The summed E-state index contributed by atoms with van der Waals surface area (Å²) in [5.74, 6) is -0.407. The van der Waals surface area contributed by atoms with Gasteiger partial charge in [0.15, 0.2) is 0 Å². The average Bonchev–Trinajstić information content (AvgIpc) is 2.55. The Morgan fingerprint density at radius 1 is 1.32 bits per heavy atom. The van der Waals surface area contributed by atoms with Gasteiger partial charge in [-0.25, -0.2) is 4.39 Å². The van der Waals surface area contributed by atoms with Gasteiger partial charge in [-0.3, -0.25) is 4.79 Å². The van der Waals surface area contributed by atoms with Crippen molar-refractivity contribution in [3.63, 3.8) is 0 Å². The Morgan fingerprint density at radius 3 is 2.79 bits per heavy atom. The molecule has 1 aliphatic carbocycles. The van der Waals surface area contributed by atoms with Crippen LogP contribution in [0.5, 0.6) is 0 Å². The second-order valence-electron chi connectivity index (χ2n) is 5.19. The molecule has 1 N–H and O–H groups in total. The first-order chi connectivity index (χ1) is 9.08. The quantitative estimate of drug-likeness (QED) is 0.646. The number of carbonyl (C=O) groups is 1. The van der Waals surface area contributed by atoms with Gasteiger partial charge in [0, 0.05) is 16.4 Å². The molecule has 0 heterocycles. The number of benzene rings is 1. The number of rotatable bonds is 2. The first kappa shape index (κ1) is 14.5. The van der Waals surface area contributed by atoms with Crippen molar-refractivity contribution in [1.82, 2.24) is 5.32 Å². The molecule has 104 valence electrons. The van der Waals surface area contributed by atoms with E-state index in [1.165, 1.54) is 25.0 Å². The molecule has 0 saturated heterocycles. The number of aryl methyl sites for hydroxylation is 1. The molecule has 1 saturated carbocycles. The number of nitrogens with one attached hydrogen (secondary N) is 1. The van der Waals surface area contributed by atoms with Crippen molar-refractivity contribution in [3.05, 3.63) is 35.1 Å². The van der Waals surface area contributed by atoms with Gasteiger partial charge in [-0.1, -0.05) is 35.2 Å². The normalized spacial score (nSPS) is 23.7. The molecule has 0 bridgehead atoms. The minimum absolute atomic E-state index is 0.103. The van der Waals surface area contributed by atoms with Crippen molar-refractivity contribution in [2.24, 2.45) is 0 Å². The molecular formula is C15H19BrFNO. The molecule has 19 heavy (non-hydrogen) atoms. The van der Waals surface area contributed by atoms with E-state index in [4.69, 9.17) is 0 Å². The van der Waals surface area contributed by atoms with Crippen LogP contribution in [0, 0.1) is 12.7 Å². The molecule has 2 unspecified atom stereocenters. The highest BCUT2D eigenvalue weighted by Gasteiger charge is 2.23. The van der Waals surface area contributed by atoms with Crippen molar-refractivity contribution in [1.29, 1.82) is 0 Å². The number of alkyl halides is 1. The third-order valence-corrected chi connectivity index (χ3v) is 4.78. The summed E-state index contributed by atoms with van der Waals surface area (Å²) in [6.07, 6.45) is 5.67. The van der Waals surface area contributed by atoms with Crippen molar-refractivity contribution < 1.29 is 9.18 Å². The van der Waals surface area contributed by atoms with E-state index in [9.17, 15) is 9.18 Å². The van der Waals surface area contributed by atoms with Gasteiger partial charge in [-0.05, 0) is 43.5 Å². The molecular weight excluding hydrogens is 309 g/mol. The lowest BCUT2D eigenvalue weighted by Crippen LogP contribution is -2.40. The largest absolute Gasteiger partial charge is 0.348 e. The van der Waals surface area contributed by atoms with Gasteiger partial charge in [0.1, 0.15) is 5.82 Å². The molecule has 0 aliphatic heterocycles.